The topological polar surface area (TPSA) is 51.1 Å². The number of nitrogens with zero attached hydrogens (tertiary/aromatic N) is 2. The largest absolute Gasteiger partial charge is 0.501 e. The molecule has 0 unspecified atom stereocenters. The normalized spacial score (nSPS) is 11.1. The van der Waals surface area contributed by atoms with Gasteiger partial charge in [0.15, 0.2) is 0 Å². The molecule has 5 nitrogen and oxygen atoms in total. The first-order valence-electron chi connectivity index (χ1n) is 6.21. The van der Waals surface area contributed by atoms with Gasteiger partial charge in [-0.15, -0.1) is 0 Å². The van der Waals surface area contributed by atoms with Gasteiger partial charge in [0.05, 0.1) is 32.0 Å². The third-order valence-corrected chi connectivity index (χ3v) is 1.55. The second-order valence-electron chi connectivity index (χ2n) is 3.84. The van der Waals surface area contributed by atoms with Gasteiger partial charge in [-0.25, -0.2) is 0 Å². The van der Waals surface area contributed by atoms with Crippen LogP contribution in [0.25, 0.3) is 0 Å². The number of hydrogen-bond donors (Lipinski definition) is 0. The number of ether oxygens (including phenoxy) is 2. The first kappa shape index (κ1) is 23.3. The number of carbonyl (C=O) groups excluding carboxylic acids is 1. The van der Waals surface area contributed by atoms with Crippen molar-refractivity contribution >= 4 is 12.5 Å². The molecule has 0 heterocycles. The molecule has 0 atom stereocenters. The van der Waals surface area contributed by atoms with Crippen molar-refractivity contribution in [3.63, 3.8) is 0 Å². The smallest absolute Gasteiger partial charge is 0.148 e. The third-order valence-electron chi connectivity index (χ3n) is 1.55. The Kier molecular flexibility index (Phi) is 20.1. The summed E-state index contributed by atoms with van der Waals surface area (Å²) in [4.78, 5) is 9.86. The molecule has 0 aliphatic carbocycles. The average molecular weight is 286 g/mol. The Balaban J connectivity index is -0.000000288. The molecule has 118 valence electrons. The Morgan fingerprint density at radius 3 is 1.85 bits per heavy atom. The molecule has 0 aliphatic rings. The van der Waals surface area contributed by atoms with Crippen LogP contribution in [0.1, 0.15) is 35.1 Å². The van der Waals surface area contributed by atoms with Gasteiger partial charge in [-0.2, -0.15) is 5.10 Å². The molecule has 0 spiro atoms. The lowest BCUT2D eigenvalue weighted by Gasteiger charge is -2.02. The van der Waals surface area contributed by atoms with E-state index >= 15 is 0 Å². The van der Waals surface area contributed by atoms with E-state index in [0.717, 1.165) is 11.9 Å². The fourth-order valence-corrected chi connectivity index (χ4v) is 0.694. The van der Waals surface area contributed by atoms with E-state index in [1.165, 1.54) is 6.26 Å². The molecule has 0 amide bonds. The summed E-state index contributed by atoms with van der Waals surface area (Å²) in [5.74, 6) is 0. The molecule has 0 fully saturated rings. The lowest BCUT2D eigenvalue weighted by atomic mass is 10.4. The van der Waals surface area contributed by atoms with Crippen LogP contribution < -0.4 is 0 Å². The van der Waals surface area contributed by atoms with E-state index < -0.39 is 0 Å². The van der Waals surface area contributed by atoms with Gasteiger partial charge in [0.1, 0.15) is 6.29 Å². The molecule has 0 aromatic carbocycles. The number of allylic oxidation sites excluding steroid dienone is 2. The fourth-order valence-electron chi connectivity index (χ4n) is 0.694. The molecule has 0 saturated carbocycles. The van der Waals surface area contributed by atoms with E-state index in [9.17, 15) is 4.79 Å². The maximum atomic E-state index is 9.86. The molecule has 0 radical (unpaired) electrons. The highest BCUT2D eigenvalue weighted by atomic mass is 16.5. The maximum absolute atomic E-state index is 9.86. The first-order valence-corrected chi connectivity index (χ1v) is 6.21. The van der Waals surface area contributed by atoms with E-state index in [-0.39, 0.29) is 7.43 Å². The zero-order valence-corrected chi connectivity index (χ0v) is 12.8. The molecule has 0 aliphatic heterocycles. The SMILES string of the molecule is C.CCO/C=C(C)/C=N/N(C)C.CCO/C=C(\C)C=O. The Labute approximate surface area is 123 Å². The fraction of sp³-hybridized carbons (Fsp3) is 0.600. The average Bonchev–Trinajstić information content (AvgIpc) is 2.40. The van der Waals surface area contributed by atoms with Crippen molar-refractivity contribution in [3.05, 3.63) is 23.7 Å². The van der Waals surface area contributed by atoms with Crippen molar-refractivity contribution in [2.75, 3.05) is 27.3 Å². The van der Waals surface area contributed by atoms with E-state index in [0.29, 0.717) is 18.8 Å². The van der Waals surface area contributed by atoms with Crippen LogP contribution in [0.3, 0.4) is 0 Å². The Morgan fingerprint density at radius 1 is 1.05 bits per heavy atom. The van der Waals surface area contributed by atoms with Crippen LogP contribution in [0.4, 0.5) is 0 Å². The van der Waals surface area contributed by atoms with Crippen molar-refractivity contribution in [1.82, 2.24) is 5.01 Å². The second-order valence-corrected chi connectivity index (χ2v) is 3.84. The summed E-state index contributed by atoms with van der Waals surface area (Å²) in [6.45, 7) is 8.78. The van der Waals surface area contributed by atoms with Gasteiger partial charge in [-0.05, 0) is 27.7 Å². The highest BCUT2D eigenvalue weighted by molar-refractivity contribution is 5.76. The summed E-state index contributed by atoms with van der Waals surface area (Å²) in [5.41, 5.74) is 1.63. The standard InChI is InChI=1S/C8H16N2O.C6H10O2.CH4/c1-5-11-7-8(2)6-9-10(3)4;1-3-8-5-6(2)4-7;/h6-7H,5H2,1-4H3;4-5H,3H2,1-2H3;1H4/b8-7+,9-6+;6-5+;. The Hall–Kier alpha value is -1.78. The van der Waals surface area contributed by atoms with Gasteiger partial charge >= 0.3 is 0 Å². The van der Waals surface area contributed by atoms with Crippen molar-refractivity contribution < 1.29 is 14.3 Å². The minimum absolute atomic E-state index is 0. The molecule has 0 aromatic rings. The number of hydrogen-bond acceptors (Lipinski definition) is 5. The lowest BCUT2D eigenvalue weighted by Crippen LogP contribution is -2.01. The van der Waals surface area contributed by atoms with E-state index in [4.69, 9.17) is 9.47 Å². The van der Waals surface area contributed by atoms with Gasteiger partial charge in [-0.1, -0.05) is 7.43 Å². The third kappa shape index (κ3) is 21.5. The number of rotatable bonds is 7. The number of aldehydes is 1. The summed E-state index contributed by atoms with van der Waals surface area (Å²) in [7, 11) is 3.76. The summed E-state index contributed by atoms with van der Waals surface area (Å²) >= 11 is 0. The van der Waals surface area contributed by atoms with Crippen molar-refractivity contribution in [2.45, 2.75) is 35.1 Å². The summed E-state index contributed by atoms with van der Waals surface area (Å²) in [6.07, 6.45) is 5.67. The van der Waals surface area contributed by atoms with Crippen molar-refractivity contribution in [1.29, 1.82) is 0 Å². The monoisotopic (exact) mass is 286 g/mol. The maximum Gasteiger partial charge on any atom is 0.148 e. The molecule has 0 N–H and O–H groups in total. The minimum atomic E-state index is 0. The zero-order valence-electron chi connectivity index (χ0n) is 12.8. The molecule has 5 heteroatoms. The van der Waals surface area contributed by atoms with Crippen LogP contribution in [0.5, 0.6) is 0 Å². The predicted molar refractivity (Wildman–Crippen MR) is 85.7 cm³/mol. The summed E-state index contributed by atoms with van der Waals surface area (Å²) in [5, 5.41) is 5.78. The first-order chi connectivity index (χ1) is 8.97. The summed E-state index contributed by atoms with van der Waals surface area (Å²) in [6, 6.07) is 0. The summed E-state index contributed by atoms with van der Waals surface area (Å²) < 4.78 is 9.85. The van der Waals surface area contributed by atoms with Gasteiger partial charge in [-0.3, -0.25) is 4.79 Å². The van der Waals surface area contributed by atoms with Crippen LogP contribution in [0.2, 0.25) is 0 Å². The highest BCUT2D eigenvalue weighted by Crippen LogP contribution is 1.89. The van der Waals surface area contributed by atoms with Crippen LogP contribution in [0, 0.1) is 0 Å². The van der Waals surface area contributed by atoms with Gasteiger partial charge in [0.25, 0.3) is 0 Å². The molecule has 0 rings (SSSR count). The molecule has 20 heavy (non-hydrogen) atoms. The van der Waals surface area contributed by atoms with E-state index in [1.807, 2.05) is 34.9 Å². The van der Waals surface area contributed by atoms with Gasteiger partial charge in [0.2, 0.25) is 0 Å². The highest BCUT2D eigenvalue weighted by Gasteiger charge is 1.82. The molecule has 0 aromatic heterocycles. The van der Waals surface area contributed by atoms with Gasteiger partial charge < -0.3 is 14.5 Å². The molecular weight excluding hydrogens is 256 g/mol. The van der Waals surface area contributed by atoms with Crippen LogP contribution in [-0.2, 0) is 14.3 Å². The minimum Gasteiger partial charge on any atom is -0.501 e. The van der Waals surface area contributed by atoms with Crippen LogP contribution in [-0.4, -0.2) is 44.8 Å². The van der Waals surface area contributed by atoms with E-state index in [2.05, 4.69) is 5.10 Å². The van der Waals surface area contributed by atoms with E-state index in [1.54, 1.807) is 24.4 Å². The predicted octanol–water partition coefficient (Wildman–Crippen LogP) is 3.24. The molecule has 0 saturated heterocycles. The Morgan fingerprint density at radius 2 is 1.50 bits per heavy atom. The van der Waals surface area contributed by atoms with Gasteiger partial charge in [0, 0.05) is 25.2 Å². The number of hydrazone groups is 1. The zero-order chi connectivity index (χ0) is 15.1. The van der Waals surface area contributed by atoms with Crippen molar-refractivity contribution in [3.8, 4) is 0 Å². The quantitative estimate of drug-likeness (QED) is 0.237. The molecular formula is C15H30N2O3. The molecule has 0 bridgehead atoms. The van der Waals surface area contributed by atoms with Crippen LogP contribution in [0.15, 0.2) is 28.8 Å². The number of carbonyl (C=O) groups is 1. The lowest BCUT2D eigenvalue weighted by molar-refractivity contribution is -0.105. The van der Waals surface area contributed by atoms with Crippen molar-refractivity contribution in [2.24, 2.45) is 5.10 Å². The van der Waals surface area contributed by atoms with Crippen LogP contribution >= 0.6 is 0 Å². The second kappa shape index (κ2) is 17.2. The Bertz CT molecular complexity index is 308.